The highest BCUT2D eigenvalue weighted by Crippen LogP contribution is 2.37. The summed E-state index contributed by atoms with van der Waals surface area (Å²) in [6.45, 7) is 5.54. The molecule has 2 heterocycles. The zero-order valence-corrected chi connectivity index (χ0v) is 13.9. The molecular weight excluding hydrogens is 308 g/mol. The van der Waals surface area contributed by atoms with Gasteiger partial charge in [-0.15, -0.1) is 0 Å². The molecule has 0 radical (unpaired) electrons. The Bertz CT molecular complexity index is 646. The van der Waals surface area contributed by atoms with Crippen molar-refractivity contribution in [3.63, 3.8) is 0 Å². The van der Waals surface area contributed by atoms with Gasteiger partial charge in [0.1, 0.15) is 11.2 Å². The van der Waals surface area contributed by atoms with Gasteiger partial charge in [0.2, 0.25) is 0 Å². The molecule has 0 atom stereocenters. The first-order valence-electron chi connectivity index (χ1n) is 6.80. The molecule has 122 valence electrons. The molecule has 0 aliphatic carbocycles. The molecule has 2 rings (SSSR count). The van der Waals surface area contributed by atoms with Gasteiger partial charge in [0.05, 0.1) is 19.3 Å². The summed E-state index contributed by atoms with van der Waals surface area (Å²) in [4.78, 5) is 17.3. The monoisotopic (exact) mass is 328 g/mol. The minimum atomic E-state index is -3.67. The molecule has 8 heteroatoms. The number of nitrogens with zero attached hydrogens (tertiary/aromatic N) is 2. The fourth-order valence-electron chi connectivity index (χ4n) is 2.25. The summed E-state index contributed by atoms with van der Waals surface area (Å²) in [7, 11) is -3.67. The number of hydrogen-bond acceptors (Lipinski definition) is 6. The van der Waals surface area contributed by atoms with Gasteiger partial charge in [-0.2, -0.15) is 8.42 Å². The number of likely N-dealkylation sites (tertiary alicyclic amines) is 1. The minimum Gasteiger partial charge on any atom is -0.444 e. The summed E-state index contributed by atoms with van der Waals surface area (Å²) >= 11 is 0. The molecule has 1 aliphatic heterocycles. The van der Waals surface area contributed by atoms with Crippen molar-refractivity contribution < 1.29 is 22.1 Å². The van der Waals surface area contributed by atoms with E-state index in [0.29, 0.717) is 5.56 Å². The average molecular weight is 328 g/mol. The Balaban J connectivity index is 2.17. The minimum absolute atomic E-state index is 0.110. The molecule has 1 amide bonds. The van der Waals surface area contributed by atoms with Crippen LogP contribution >= 0.6 is 0 Å². The topological polar surface area (TPSA) is 85.8 Å². The van der Waals surface area contributed by atoms with Crippen LogP contribution in [-0.4, -0.2) is 49.3 Å². The predicted octanol–water partition coefficient (Wildman–Crippen LogP) is 1.50. The van der Waals surface area contributed by atoms with Gasteiger partial charge in [0.25, 0.3) is 10.1 Å². The quantitative estimate of drug-likeness (QED) is 0.782. The van der Waals surface area contributed by atoms with Crippen LogP contribution in [0.1, 0.15) is 26.3 Å². The van der Waals surface area contributed by atoms with Gasteiger partial charge in [-0.25, -0.2) is 4.79 Å². The molecule has 1 aliphatic rings. The molecule has 0 N–H and O–H groups in total. The number of pyridine rings is 1. The Hall–Kier alpha value is -1.67. The molecule has 1 saturated heterocycles. The molecule has 0 unspecified atom stereocenters. The molecule has 0 aromatic carbocycles. The number of ether oxygens (including phenoxy) is 1. The lowest BCUT2D eigenvalue weighted by molar-refractivity contribution is -0.0828. The summed E-state index contributed by atoms with van der Waals surface area (Å²) in [5.74, 6) is 0. The van der Waals surface area contributed by atoms with E-state index in [0.717, 1.165) is 6.26 Å². The van der Waals surface area contributed by atoms with E-state index in [4.69, 9.17) is 8.92 Å². The first kappa shape index (κ1) is 16.7. The number of carbonyl (C=O) groups excluding carboxylic acids is 1. The third kappa shape index (κ3) is 3.95. The van der Waals surface area contributed by atoms with Crippen LogP contribution in [0, 0.1) is 0 Å². The zero-order valence-electron chi connectivity index (χ0n) is 13.1. The molecular formula is C14H20N2O5S. The second-order valence-electron chi connectivity index (χ2n) is 6.35. The number of hydrogen-bond donors (Lipinski definition) is 0. The van der Waals surface area contributed by atoms with Gasteiger partial charge < -0.3 is 9.64 Å². The first-order valence-corrected chi connectivity index (χ1v) is 8.61. The Labute approximate surface area is 130 Å². The second kappa shape index (κ2) is 5.51. The fraction of sp³-hybridized carbons (Fsp3) is 0.571. The van der Waals surface area contributed by atoms with Crippen molar-refractivity contribution >= 4 is 16.2 Å². The van der Waals surface area contributed by atoms with Gasteiger partial charge >= 0.3 is 6.09 Å². The van der Waals surface area contributed by atoms with E-state index in [1.165, 1.54) is 4.90 Å². The molecule has 0 saturated carbocycles. The number of aromatic nitrogens is 1. The third-order valence-electron chi connectivity index (χ3n) is 3.06. The fourth-order valence-corrected chi connectivity index (χ4v) is 3.04. The van der Waals surface area contributed by atoms with Crippen LogP contribution in [0.15, 0.2) is 24.5 Å². The maximum absolute atomic E-state index is 12.0. The van der Waals surface area contributed by atoms with Crippen molar-refractivity contribution in [2.75, 3.05) is 19.3 Å². The number of carbonyl (C=O) groups is 1. The summed E-state index contributed by atoms with van der Waals surface area (Å²) in [5.41, 5.74) is -1.02. The standard InChI is InChI=1S/C14H20N2O5S/c1-13(2,3)20-12(17)16-9-14(10-16,21-22(4,18)19)11-5-7-15-8-6-11/h5-8H,9-10H2,1-4H3. The van der Waals surface area contributed by atoms with E-state index >= 15 is 0 Å². The lowest BCUT2D eigenvalue weighted by atomic mass is 9.87. The van der Waals surface area contributed by atoms with Gasteiger partial charge in [0.15, 0.2) is 0 Å². The first-order chi connectivity index (χ1) is 10.0. The molecule has 1 aromatic heterocycles. The lowest BCUT2D eigenvalue weighted by Gasteiger charge is -2.48. The Morgan fingerprint density at radius 2 is 1.82 bits per heavy atom. The number of rotatable bonds is 3. The zero-order chi connectivity index (χ0) is 16.6. The van der Waals surface area contributed by atoms with Crippen molar-refractivity contribution in [2.24, 2.45) is 0 Å². The lowest BCUT2D eigenvalue weighted by Crippen LogP contribution is -2.63. The highest BCUT2D eigenvalue weighted by Gasteiger charge is 2.51. The molecule has 0 spiro atoms. The Kier molecular flexibility index (Phi) is 4.18. The van der Waals surface area contributed by atoms with Gasteiger partial charge in [-0.3, -0.25) is 9.17 Å². The SMILES string of the molecule is CC(C)(C)OC(=O)N1CC(OS(C)(=O)=O)(c2ccncc2)C1. The van der Waals surface area contributed by atoms with Crippen LogP contribution in [0.3, 0.4) is 0 Å². The average Bonchev–Trinajstić information content (AvgIpc) is 2.30. The van der Waals surface area contributed by atoms with Crippen molar-refractivity contribution in [1.29, 1.82) is 0 Å². The van der Waals surface area contributed by atoms with Crippen LogP contribution in [0.4, 0.5) is 4.79 Å². The smallest absolute Gasteiger partial charge is 0.410 e. The van der Waals surface area contributed by atoms with Gasteiger partial charge in [-0.1, -0.05) is 0 Å². The van der Waals surface area contributed by atoms with E-state index in [2.05, 4.69) is 4.98 Å². The van der Waals surface area contributed by atoms with Crippen LogP contribution < -0.4 is 0 Å². The van der Waals surface area contributed by atoms with Crippen LogP contribution in [-0.2, 0) is 24.6 Å². The highest BCUT2D eigenvalue weighted by molar-refractivity contribution is 7.86. The van der Waals surface area contributed by atoms with Crippen molar-refractivity contribution in [1.82, 2.24) is 9.88 Å². The van der Waals surface area contributed by atoms with E-state index in [1.807, 2.05) is 0 Å². The third-order valence-corrected chi connectivity index (χ3v) is 3.68. The van der Waals surface area contributed by atoms with Crippen molar-refractivity contribution in [3.8, 4) is 0 Å². The van der Waals surface area contributed by atoms with Gasteiger partial charge in [-0.05, 0) is 38.5 Å². The predicted molar refractivity (Wildman–Crippen MR) is 79.7 cm³/mol. The molecule has 0 bridgehead atoms. The summed E-state index contributed by atoms with van der Waals surface area (Å²) < 4.78 is 33.6. The Morgan fingerprint density at radius 1 is 1.27 bits per heavy atom. The molecule has 7 nitrogen and oxygen atoms in total. The second-order valence-corrected chi connectivity index (χ2v) is 7.93. The Morgan fingerprint density at radius 3 is 2.27 bits per heavy atom. The van der Waals surface area contributed by atoms with Crippen LogP contribution in [0.5, 0.6) is 0 Å². The van der Waals surface area contributed by atoms with E-state index < -0.39 is 27.4 Å². The van der Waals surface area contributed by atoms with E-state index in [-0.39, 0.29) is 13.1 Å². The van der Waals surface area contributed by atoms with Crippen molar-refractivity contribution in [3.05, 3.63) is 30.1 Å². The molecule has 22 heavy (non-hydrogen) atoms. The number of amides is 1. The van der Waals surface area contributed by atoms with Gasteiger partial charge in [0, 0.05) is 12.4 Å². The van der Waals surface area contributed by atoms with E-state index in [9.17, 15) is 13.2 Å². The summed E-state index contributed by atoms with van der Waals surface area (Å²) in [6.07, 6.45) is 3.61. The van der Waals surface area contributed by atoms with Crippen molar-refractivity contribution in [2.45, 2.75) is 32.0 Å². The normalized spacial score (nSPS) is 17.7. The maximum atomic E-state index is 12.0. The summed E-state index contributed by atoms with van der Waals surface area (Å²) in [5, 5.41) is 0. The highest BCUT2D eigenvalue weighted by atomic mass is 32.2. The molecule has 1 fully saturated rings. The molecule has 1 aromatic rings. The van der Waals surface area contributed by atoms with Crippen LogP contribution in [0.2, 0.25) is 0 Å². The maximum Gasteiger partial charge on any atom is 0.410 e. The van der Waals surface area contributed by atoms with Crippen LogP contribution in [0.25, 0.3) is 0 Å². The largest absolute Gasteiger partial charge is 0.444 e. The summed E-state index contributed by atoms with van der Waals surface area (Å²) in [6, 6.07) is 3.36. The van der Waals surface area contributed by atoms with E-state index in [1.54, 1.807) is 45.3 Å².